The van der Waals surface area contributed by atoms with Crippen LogP contribution in [-0.4, -0.2) is 31.0 Å². The molecule has 0 unspecified atom stereocenters. The normalized spacial score (nSPS) is 10.6. The van der Waals surface area contributed by atoms with Gasteiger partial charge in [0.15, 0.2) is 11.5 Å². The van der Waals surface area contributed by atoms with E-state index in [0.717, 1.165) is 0 Å². The van der Waals surface area contributed by atoms with E-state index in [1.54, 1.807) is 24.3 Å². The van der Waals surface area contributed by atoms with Gasteiger partial charge < -0.3 is 19.5 Å². The van der Waals surface area contributed by atoms with Crippen LogP contribution >= 0.6 is 0 Å². The molecule has 0 atom stereocenters. The van der Waals surface area contributed by atoms with Gasteiger partial charge >= 0.3 is 5.97 Å². The van der Waals surface area contributed by atoms with Gasteiger partial charge in [0.2, 0.25) is 0 Å². The van der Waals surface area contributed by atoms with Gasteiger partial charge in [-0.25, -0.2) is 4.79 Å². The van der Waals surface area contributed by atoms with Crippen LogP contribution in [0.4, 0.5) is 11.4 Å². The SMILES string of the molecule is COc1ccc(C(=O)Oc2cc(C=C(C#N)C(=O)Nc3ccccc3[N+](=O)[O-])ccc2OC)cc1. The number of anilines is 1. The number of nitriles is 1. The number of nitro groups is 1. The Balaban J connectivity index is 1.85. The maximum atomic E-state index is 12.6. The van der Waals surface area contributed by atoms with Gasteiger partial charge in [0.05, 0.1) is 24.7 Å². The van der Waals surface area contributed by atoms with Crippen LogP contribution in [0.25, 0.3) is 6.08 Å². The summed E-state index contributed by atoms with van der Waals surface area (Å²) in [5.41, 5.74) is -0.0449. The number of hydrogen-bond donors (Lipinski definition) is 1. The van der Waals surface area contributed by atoms with Gasteiger partial charge in [-0.05, 0) is 54.1 Å². The van der Waals surface area contributed by atoms with E-state index in [2.05, 4.69) is 5.32 Å². The lowest BCUT2D eigenvalue weighted by Crippen LogP contribution is -2.14. The van der Waals surface area contributed by atoms with Crippen molar-refractivity contribution in [3.8, 4) is 23.3 Å². The highest BCUT2D eigenvalue weighted by Gasteiger charge is 2.18. The van der Waals surface area contributed by atoms with E-state index in [-0.39, 0.29) is 34.0 Å². The minimum absolute atomic E-state index is 0.0486. The third-order valence-electron chi connectivity index (χ3n) is 4.74. The quantitative estimate of drug-likeness (QED) is 0.127. The summed E-state index contributed by atoms with van der Waals surface area (Å²) in [5.74, 6) is -0.587. The zero-order valence-corrected chi connectivity index (χ0v) is 18.7. The van der Waals surface area contributed by atoms with Gasteiger partial charge in [0, 0.05) is 6.07 Å². The third kappa shape index (κ3) is 6.00. The largest absolute Gasteiger partial charge is 0.497 e. The number of esters is 1. The summed E-state index contributed by atoms with van der Waals surface area (Å²) in [4.78, 5) is 35.7. The molecule has 1 amide bonds. The van der Waals surface area contributed by atoms with Crippen molar-refractivity contribution in [2.45, 2.75) is 0 Å². The van der Waals surface area contributed by atoms with Gasteiger partial charge in [-0.1, -0.05) is 18.2 Å². The number of carbonyl (C=O) groups excluding carboxylic acids is 2. The summed E-state index contributed by atoms with van der Waals surface area (Å²) in [7, 11) is 2.91. The minimum atomic E-state index is -0.839. The summed E-state index contributed by atoms with van der Waals surface area (Å²) in [6, 6.07) is 18.1. The van der Waals surface area contributed by atoms with Gasteiger partial charge in [0.25, 0.3) is 11.6 Å². The highest BCUT2D eigenvalue weighted by atomic mass is 16.6. The Labute approximate surface area is 200 Å². The molecule has 1 N–H and O–H groups in total. The van der Waals surface area contributed by atoms with Gasteiger partial charge in [-0.15, -0.1) is 0 Å². The van der Waals surface area contributed by atoms with Crippen molar-refractivity contribution >= 4 is 29.3 Å². The number of carbonyl (C=O) groups is 2. The monoisotopic (exact) mass is 473 g/mol. The predicted molar refractivity (Wildman–Crippen MR) is 126 cm³/mol. The average Bonchev–Trinajstić information content (AvgIpc) is 2.87. The number of methoxy groups -OCH3 is 2. The number of nitro benzene ring substituents is 1. The Kier molecular flexibility index (Phi) is 7.77. The molecule has 35 heavy (non-hydrogen) atoms. The lowest BCUT2D eigenvalue weighted by Gasteiger charge is -2.11. The summed E-state index contributed by atoms with van der Waals surface area (Å²) < 4.78 is 15.8. The molecule has 0 saturated heterocycles. The molecular weight excluding hydrogens is 454 g/mol. The Morgan fingerprint density at radius 3 is 2.34 bits per heavy atom. The number of hydrogen-bond acceptors (Lipinski definition) is 8. The van der Waals surface area contributed by atoms with Crippen LogP contribution in [0.3, 0.4) is 0 Å². The number of rotatable bonds is 8. The third-order valence-corrected chi connectivity index (χ3v) is 4.74. The Morgan fingerprint density at radius 2 is 1.71 bits per heavy atom. The lowest BCUT2D eigenvalue weighted by atomic mass is 10.1. The maximum Gasteiger partial charge on any atom is 0.343 e. The lowest BCUT2D eigenvalue weighted by molar-refractivity contribution is -0.383. The molecule has 176 valence electrons. The number of nitrogens with zero attached hydrogens (tertiary/aromatic N) is 2. The Bertz CT molecular complexity index is 1340. The van der Waals surface area contributed by atoms with Gasteiger partial charge in [-0.3, -0.25) is 14.9 Å². The van der Waals surface area contributed by atoms with E-state index in [4.69, 9.17) is 14.2 Å². The second kappa shape index (κ2) is 11.1. The van der Waals surface area contributed by atoms with Crippen molar-refractivity contribution < 1.29 is 28.7 Å². The van der Waals surface area contributed by atoms with Crippen LogP contribution in [0, 0.1) is 21.4 Å². The smallest absolute Gasteiger partial charge is 0.343 e. The van der Waals surface area contributed by atoms with Crippen LogP contribution in [0.5, 0.6) is 17.2 Å². The molecule has 0 saturated carbocycles. The summed E-state index contributed by atoms with van der Waals surface area (Å²) in [5, 5.41) is 23.0. The number of benzene rings is 3. The molecule has 0 fully saturated rings. The molecule has 3 rings (SSSR count). The fourth-order valence-corrected chi connectivity index (χ4v) is 2.99. The molecule has 0 aliphatic heterocycles. The molecule has 0 aromatic heterocycles. The summed E-state index contributed by atoms with van der Waals surface area (Å²) in [6.45, 7) is 0. The Morgan fingerprint density at radius 1 is 1.00 bits per heavy atom. The maximum absolute atomic E-state index is 12.6. The van der Waals surface area contributed by atoms with Crippen LogP contribution in [0.1, 0.15) is 15.9 Å². The minimum Gasteiger partial charge on any atom is -0.497 e. The zero-order valence-electron chi connectivity index (χ0n) is 18.7. The van der Waals surface area contributed by atoms with E-state index < -0.39 is 16.8 Å². The van der Waals surface area contributed by atoms with Crippen molar-refractivity contribution in [3.63, 3.8) is 0 Å². The summed E-state index contributed by atoms with van der Waals surface area (Å²) >= 11 is 0. The topological polar surface area (TPSA) is 141 Å². The molecule has 0 spiro atoms. The zero-order chi connectivity index (χ0) is 25.4. The summed E-state index contributed by atoms with van der Waals surface area (Å²) in [6.07, 6.45) is 1.26. The molecule has 10 heteroatoms. The standard InChI is InChI=1S/C25H19N3O7/c1-33-19-10-8-17(9-11-19)25(30)35-23-14-16(7-12-22(23)34-2)13-18(15-26)24(29)27-20-5-3-4-6-21(20)28(31)32/h3-14H,1-2H3,(H,27,29). The van der Waals surface area contributed by atoms with Gasteiger partial charge in [-0.2, -0.15) is 5.26 Å². The van der Waals surface area contributed by atoms with E-state index >= 15 is 0 Å². The van der Waals surface area contributed by atoms with Crippen molar-refractivity contribution in [1.29, 1.82) is 5.26 Å². The molecule has 0 bridgehead atoms. The number of ether oxygens (including phenoxy) is 3. The fraction of sp³-hybridized carbons (Fsp3) is 0.0800. The van der Waals surface area contributed by atoms with Crippen molar-refractivity contribution in [2.75, 3.05) is 19.5 Å². The average molecular weight is 473 g/mol. The second-order valence-corrected chi connectivity index (χ2v) is 6.93. The number of amides is 1. The van der Waals surface area contributed by atoms with Crippen LogP contribution in [0.2, 0.25) is 0 Å². The fourth-order valence-electron chi connectivity index (χ4n) is 2.99. The van der Waals surface area contributed by atoms with E-state index in [1.807, 2.05) is 0 Å². The highest BCUT2D eigenvalue weighted by molar-refractivity contribution is 6.10. The predicted octanol–water partition coefficient (Wildman–Crippen LogP) is 4.38. The van der Waals surface area contributed by atoms with E-state index in [1.165, 1.54) is 68.8 Å². The van der Waals surface area contributed by atoms with E-state index in [9.17, 15) is 25.0 Å². The molecule has 3 aromatic rings. The van der Waals surface area contributed by atoms with E-state index in [0.29, 0.717) is 11.3 Å². The van der Waals surface area contributed by atoms with Crippen molar-refractivity contribution in [2.24, 2.45) is 0 Å². The second-order valence-electron chi connectivity index (χ2n) is 6.93. The highest BCUT2D eigenvalue weighted by Crippen LogP contribution is 2.30. The van der Waals surface area contributed by atoms with Gasteiger partial charge in [0.1, 0.15) is 23.1 Å². The van der Waals surface area contributed by atoms with Crippen molar-refractivity contribution in [3.05, 3.63) is 93.5 Å². The van der Waals surface area contributed by atoms with Crippen LogP contribution in [0.15, 0.2) is 72.3 Å². The first-order valence-electron chi connectivity index (χ1n) is 10.1. The first-order chi connectivity index (χ1) is 16.9. The number of nitrogens with one attached hydrogen (secondary N) is 1. The molecule has 0 aliphatic rings. The molecular formula is C25H19N3O7. The van der Waals surface area contributed by atoms with Crippen LogP contribution < -0.4 is 19.5 Å². The molecule has 3 aromatic carbocycles. The first kappa shape index (κ1) is 24.5. The Hall–Kier alpha value is -5.17. The number of para-hydroxylation sites is 2. The molecule has 0 aliphatic carbocycles. The van der Waals surface area contributed by atoms with Crippen LogP contribution in [-0.2, 0) is 4.79 Å². The molecule has 10 nitrogen and oxygen atoms in total. The molecule has 0 heterocycles. The first-order valence-corrected chi connectivity index (χ1v) is 10.1. The van der Waals surface area contributed by atoms with Crippen molar-refractivity contribution in [1.82, 2.24) is 0 Å². The molecule has 0 radical (unpaired) electrons.